The van der Waals surface area contributed by atoms with Crippen molar-refractivity contribution >= 4 is 12.0 Å². The zero-order chi connectivity index (χ0) is 10.6. The fraction of sp³-hybridized carbons (Fsp3) is 0.125. The molecule has 1 aromatic carbocycles. The van der Waals surface area contributed by atoms with Gasteiger partial charge in [-0.05, 0) is 6.07 Å². The molecular formula is C8H6FNO4. The second kappa shape index (κ2) is 4.31. The molecular weight excluding hydrogens is 193 g/mol. The van der Waals surface area contributed by atoms with E-state index >= 15 is 0 Å². The van der Waals surface area contributed by atoms with Crippen LogP contribution in [0.25, 0.3) is 0 Å². The van der Waals surface area contributed by atoms with Gasteiger partial charge in [-0.1, -0.05) is 0 Å². The summed E-state index contributed by atoms with van der Waals surface area (Å²) in [5, 5.41) is 10.2. The first kappa shape index (κ1) is 10.1. The molecule has 0 aromatic heterocycles. The third-order valence-corrected chi connectivity index (χ3v) is 1.43. The van der Waals surface area contributed by atoms with Crippen LogP contribution in [0.1, 0.15) is 0 Å². The van der Waals surface area contributed by atoms with Crippen molar-refractivity contribution in [3.05, 3.63) is 34.1 Å². The van der Waals surface area contributed by atoms with Gasteiger partial charge in [-0.15, -0.1) is 0 Å². The standard InChI is InChI=1S/C8H6FNO4/c9-7-5-6(10(12)13)1-2-8(7)14-4-3-11/h1-3,5H,4H2. The van der Waals surface area contributed by atoms with Crippen LogP contribution in [0.4, 0.5) is 10.1 Å². The molecule has 0 saturated heterocycles. The molecule has 0 bridgehead atoms. The maximum atomic E-state index is 13.0. The molecule has 0 radical (unpaired) electrons. The third kappa shape index (κ3) is 2.25. The Balaban J connectivity index is 2.89. The summed E-state index contributed by atoms with van der Waals surface area (Å²) in [6, 6.07) is 2.94. The Kier molecular flexibility index (Phi) is 3.11. The number of carbonyl (C=O) groups excluding carboxylic acids is 1. The largest absolute Gasteiger partial charge is 0.483 e. The quantitative estimate of drug-likeness (QED) is 0.416. The van der Waals surface area contributed by atoms with Gasteiger partial charge in [-0.25, -0.2) is 4.39 Å². The summed E-state index contributed by atoms with van der Waals surface area (Å²) in [6.07, 6.45) is 0.459. The van der Waals surface area contributed by atoms with Crippen molar-refractivity contribution in [3.8, 4) is 5.75 Å². The molecule has 5 nitrogen and oxygen atoms in total. The fourth-order valence-corrected chi connectivity index (χ4v) is 0.844. The first-order valence-electron chi connectivity index (χ1n) is 3.65. The molecule has 14 heavy (non-hydrogen) atoms. The third-order valence-electron chi connectivity index (χ3n) is 1.43. The minimum absolute atomic E-state index is 0.178. The Morgan fingerprint density at radius 3 is 2.79 bits per heavy atom. The van der Waals surface area contributed by atoms with Gasteiger partial charge >= 0.3 is 0 Å². The maximum absolute atomic E-state index is 13.0. The lowest BCUT2D eigenvalue weighted by Gasteiger charge is -2.02. The monoisotopic (exact) mass is 199 g/mol. The lowest BCUT2D eigenvalue weighted by Crippen LogP contribution is -2.00. The summed E-state index contributed by atoms with van der Waals surface area (Å²) in [7, 11) is 0. The molecule has 0 aliphatic carbocycles. The zero-order valence-electron chi connectivity index (χ0n) is 6.97. The number of nitro benzene ring substituents is 1. The Morgan fingerprint density at radius 1 is 1.57 bits per heavy atom. The molecule has 0 N–H and O–H groups in total. The lowest BCUT2D eigenvalue weighted by molar-refractivity contribution is -0.385. The molecule has 0 unspecified atom stereocenters. The number of ether oxygens (including phenoxy) is 1. The number of aldehydes is 1. The molecule has 0 saturated carbocycles. The van der Waals surface area contributed by atoms with E-state index in [1.54, 1.807) is 0 Å². The van der Waals surface area contributed by atoms with Gasteiger partial charge in [0, 0.05) is 6.07 Å². The van der Waals surface area contributed by atoms with Crippen molar-refractivity contribution in [1.29, 1.82) is 0 Å². The molecule has 0 fully saturated rings. The van der Waals surface area contributed by atoms with Gasteiger partial charge in [0.1, 0.15) is 6.61 Å². The van der Waals surface area contributed by atoms with Crippen LogP contribution in [-0.4, -0.2) is 17.8 Å². The van der Waals surface area contributed by atoms with Crippen LogP contribution in [0.5, 0.6) is 5.75 Å². The number of halogens is 1. The predicted molar refractivity (Wildman–Crippen MR) is 44.6 cm³/mol. The van der Waals surface area contributed by atoms with Crippen LogP contribution in [0.15, 0.2) is 18.2 Å². The fourth-order valence-electron chi connectivity index (χ4n) is 0.844. The summed E-state index contributed by atoms with van der Waals surface area (Å²) < 4.78 is 17.6. The van der Waals surface area contributed by atoms with Crippen LogP contribution in [0.2, 0.25) is 0 Å². The minimum Gasteiger partial charge on any atom is -0.483 e. The van der Waals surface area contributed by atoms with Gasteiger partial charge in [-0.3, -0.25) is 14.9 Å². The van der Waals surface area contributed by atoms with Gasteiger partial charge < -0.3 is 4.74 Å². The van der Waals surface area contributed by atoms with E-state index in [4.69, 9.17) is 0 Å². The van der Waals surface area contributed by atoms with Crippen molar-refractivity contribution in [2.24, 2.45) is 0 Å². The summed E-state index contributed by atoms with van der Waals surface area (Å²) in [5.41, 5.74) is -0.360. The van der Waals surface area contributed by atoms with Crippen molar-refractivity contribution in [1.82, 2.24) is 0 Å². The first-order valence-corrected chi connectivity index (χ1v) is 3.65. The average molecular weight is 199 g/mol. The van der Waals surface area contributed by atoms with Crippen LogP contribution in [0, 0.1) is 15.9 Å². The predicted octanol–water partition coefficient (Wildman–Crippen LogP) is 1.31. The highest BCUT2D eigenvalue weighted by molar-refractivity contribution is 5.51. The van der Waals surface area contributed by atoms with Gasteiger partial charge in [0.15, 0.2) is 17.9 Å². The number of hydrogen-bond acceptors (Lipinski definition) is 4. The second-order valence-electron chi connectivity index (χ2n) is 2.35. The van der Waals surface area contributed by atoms with Gasteiger partial charge in [-0.2, -0.15) is 0 Å². The van der Waals surface area contributed by atoms with E-state index in [1.807, 2.05) is 0 Å². The molecule has 0 aliphatic heterocycles. The van der Waals surface area contributed by atoms with Crippen LogP contribution in [0.3, 0.4) is 0 Å². The molecule has 1 aromatic rings. The normalized spacial score (nSPS) is 9.50. The van der Waals surface area contributed by atoms with Gasteiger partial charge in [0.25, 0.3) is 5.69 Å². The molecule has 0 aliphatic rings. The SMILES string of the molecule is O=CCOc1ccc([N+](=O)[O-])cc1F. The number of rotatable bonds is 4. The van der Waals surface area contributed by atoms with E-state index in [0.29, 0.717) is 6.29 Å². The molecule has 6 heteroatoms. The molecule has 1 rings (SSSR count). The van der Waals surface area contributed by atoms with E-state index in [-0.39, 0.29) is 18.0 Å². The van der Waals surface area contributed by atoms with Gasteiger partial charge in [0.05, 0.1) is 11.0 Å². The number of non-ortho nitro benzene ring substituents is 1. The Morgan fingerprint density at radius 2 is 2.29 bits per heavy atom. The highest BCUT2D eigenvalue weighted by atomic mass is 19.1. The minimum atomic E-state index is -0.860. The van der Waals surface area contributed by atoms with Crippen molar-refractivity contribution in [2.75, 3.05) is 6.61 Å². The molecule has 74 valence electrons. The Hall–Kier alpha value is -1.98. The number of nitro groups is 1. The van der Waals surface area contributed by atoms with E-state index in [0.717, 1.165) is 18.2 Å². The number of carbonyl (C=O) groups is 1. The first-order chi connectivity index (χ1) is 6.65. The Labute approximate surface area is 78.3 Å². The van der Waals surface area contributed by atoms with Crippen LogP contribution >= 0.6 is 0 Å². The summed E-state index contributed by atoms with van der Waals surface area (Å²) in [5.74, 6) is -1.04. The average Bonchev–Trinajstić information content (AvgIpc) is 2.15. The lowest BCUT2D eigenvalue weighted by atomic mass is 10.3. The molecule has 0 atom stereocenters. The van der Waals surface area contributed by atoms with Crippen molar-refractivity contribution < 1.29 is 18.8 Å². The smallest absolute Gasteiger partial charge is 0.272 e. The van der Waals surface area contributed by atoms with E-state index in [2.05, 4.69) is 4.74 Å². The highest BCUT2D eigenvalue weighted by Crippen LogP contribution is 2.21. The highest BCUT2D eigenvalue weighted by Gasteiger charge is 2.10. The summed E-state index contributed by atoms with van der Waals surface area (Å²) in [4.78, 5) is 19.4. The summed E-state index contributed by atoms with van der Waals surface area (Å²) in [6.45, 7) is -0.283. The molecule has 0 heterocycles. The van der Waals surface area contributed by atoms with Crippen molar-refractivity contribution in [2.45, 2.75) is 0 Å². The van der Waals surface area contributed by atoms with E-state index in [1.165, 1.54) is 0 Å². The molecule has 0 spiro atoms. The second-order valence-corrected chi connectivity index (χ2v) is 2.35. The van der Waals surface area contributed by atoms with E-state index < -0.39 is 10.7 Å². The number of benzene rings is 1. The van der Waals surface area contributed by atoms with E-state index in [9.17, 15) is 19.3 Å². The Bertz CT molecular complexity index is 366. The van der Waals surface area contributed by atoms with Crippen LogP contribution in [-0.2, 0) is 4.79 Å². The zero-order valence-corrected chi connectivity index (χ0v) is 6.97. The van der Waals surface area contributed by atoms with Crippen LogP contribution < -0.4 is 4.74 Å². The maximum Gasteiger partial charge on any atom is 0.272 e. The molecule has 0 amide bonds. The number of nitrogens with zero attached hydrogens (tertiary/aromatic N) is 1. The summed E-state index contributed by atoms with van der Waals surface area (Å²) >= 11 is 0. The topological polar surface area (TPSA) is 69.4 Å². The van der Waals surface area contributed by atoms with Crippen molar-refractivity contribution in [3.63, 3.8) is 0 Å². The number of hydrogen-bond donors (Lipinski definition) is 0. The van der Waals surface area contributed by atoms with Gasteiger partial charge in [0.2, 0.25) is 0 Å².